The highest BCUT2D eigenvalue weighted by Gasteiger charge is 2.48. The molecular formula is C24H24F5N5O3. The standard InChI is InChI=1S/C24H24F5N5O3/c1-12-15(25)7-19(34(12)22(36)37-23(2,3)4)21(35)33(5)18-8-17(31-11-16(18)26)14-6-13(9-30)20(32-10-14)24(27,28)29/h6,8,10-12,15,19H,7H2,1-5H3/t12-,15+,19-/m0/s1. The van der Waals surface area contributed by atoms with Gasteiger partial charge in [0.05, 0.1) is 29.2 Å². The van der Waals surface area contributed by atoms with E-state index in [0.29, 0.717) is 0 Å². The molecule has 0 radical (unpaired) electrons. The van der Waals surface area contributed by atoms with Crippen LogP contribution < -0.4 is 4.90 Å². The van der Waals surface area contributed by atoms with E-state index in [1.54, 1.807) is 20.8 Å². The Morgan fingerprint density at radius 3 is 2.41 bits per heavy atom. The molecule has 0 N–H and O–H groups in total. The van der Waals surface area contributed by atoms with Gasteiger partial charge < -0.3 is 9.64 Å². The number of nitrogens with zero attached hydrogens (tertiary/aromatic N) is 5. The van der Waals surface area contributed by atoms with Crippen molar-refractivity contribution in [2.45, 2.75) is 64.1 Å². The van der Waals surface area contributed by atoms with Crippen molar-refractivity contribution < 1.29 is 36.3 Å². The van der Waals surface area contributed by atoms with E-state index < -0.39 is 59.1 Å². The number of carbonyl (C=O) groups is 2. The molecule has 0 bridgehead atoms. The van der Waals surface area contributed by atoms with Crippen LogP contribution >= 0.6 is 0 Å². The average Bonchev–Trinajstić information content (AvgIpc) is 3.10. The second kappa shape index (κ2) is 9.91. The van der Waals surface area contributed by atoms with E-state index in [9.17, 15) is 31.5 Å². The number of hydrogen-bond donors (Lipinski definition) is 0. The van der Waals surface area contributed by atoms with E-state index in [1.165, 1.54) is 20.0 Å². The van der Waals surface area contributed by atoms with Crippen LogP contribution in [0.2, 0.25) is 0 Å². The fourth-order valence-corrected chi connectivity index (χ4v) is 3.91. The lowest BCUT2D eigenvalue weighted by Gasteiger charge is -2.32. The van der Waals surface area contributed by atoms with Gasteiger partial charge in [-0.25, -0.2) is 18.6 Å². The highest BCUT2D eigenvalue weighted by Crippen LogP contribution is 2.34. The summed E-state index contributed by atoms with van der Waals surface area (Å²) < 4.78 is 73.8. The quantitative estimate of drug-likeness (QED) is 0.530. The van der Waals surface area contributed by atoms with E-state index in [0.717, 1.165) is 34.3 Å². The molecule has 3 heterocycles. The highest BCUT2D eigenvalue weighted by molar-refractivity contribution is 5.99. The summed E-state index contributed by atoms with van der Waals surface area (Å²) >= 11 is 0. The van der Waals surface area contributed by atoms with Crippen LogP contribution in [0.3, 0.4) is 0 Å². The van der Waals surface area contributed by atoms with Crippen LogP contribution in [-0.4, -0.2) is 57.8 Å². The fraction of sp³-hybridized carbons (Fsp3) is 0.458. The molecule has 37 heavy (non-hydrogen) atoms. The van der Waals surface area contributed by atoms with Crippen molar-refractivity contribution >= 4 is 17.7 Å². The van der Waals surface area contributed by atoms with Gasteiger partial charge in [0.25, 0.3) is 0 Å². The lowest BCUT2D eigenvalue weighted by molar-refractivity contribution is -0.141. The number of aromatic nitrogens is 2. The Bertz CT molecular complexity index is 1250. The first-order chi connectivity index (χ1) is 17.0. The molecule has 1 aliphatic rings. The van der Waals surface area contributed by atoms with E-state index in [2.05, 4.69) is 9.97 Å². The third-order valence-electron chi connectivity index (χ3n) is 5.74. The maximum absolute atomic E-state index is 14.7. The second-order valence-electron chi connectivity index (χ2n) is 9.54. The Kier molecular flexibility index (Phi) is 7.44. The first-order valence-electron chi connectivity index (χ1n) is 11.1. The molecule has 3 atom stereocenters. The second-order valence-corrected chi connectivity index (χ2v) is 9.54. The zero-order chi connectivity index (χ0) is 27.9. The van der Waals surface area contributed by atoms with Gasteiger partial charge in [-0.2, -0.15) is 18.4 Å². The number of nitriles is 1. The van der Waals surface area contributed by atoms with Gasteiger partial charge in [-0.3, -0.25) is 14.7 Å². The van der Waals surface area contributed by atoms with Crippen LogP contribution in [-0.2, 0) is 15.7 Å². The van der Waals surface area contributed by atoms with Gasteiger partial charge in [0, 0.05) is 25.2 Å². The third kappa shape index (κ3) is 5.79. The van der Waals surface area contributed by atoms with Crippen molar-refractivity contribution in [1.82, 2.24) is 14.9 Å². The number of hydrogen-bond acceptors (Lipinski definition) is 6. The van der Waals surface area contributed by atoms with Gasteiger partial charge in [0.2, 0.25) is 5.91 Å². The molecule has 0 saturated carbocycles. The number of alkyl halides is 4. The molecule has 3 rings (SSSR count). The largest absolute Gasteiger partial charge is 0.444 e. The molecule has 13 heteroatoms. The predicted molar refractivity (Wildman–Crippen MR) is 121 cm³/mol. The molecule has 2 amide bonds. The first kappa shape index (κ1) is 27.8. The topological polar surface area (TPSA) is 99.4 Å². The molecule has 0 unspecified atom stereocenters. The summed E-state index contributed by atoms with van der Waals surface area (Å²) in [6.45, 7) is 6.27. The molecule has 0 aromatic carbocycles. The number of ether oxygens (including phenoxy) is 1. The van der Waals surface area contributed by atoms with Crippen molar-refractivity contribution in [3.05, 3.63) is 41.6 Å². The summed E-state index contributed by atoms with van der Waals surface area (Å²) in [7, 11) is 1.21. The zero-order valence-corrected chi connectivity index (χ0v) is 20.6. The van der Waals surface area contributed by atoms with Crippen molar-refractivity contribution in [2.24, 2.45) is 0 Å². The van der Waals surface area contributed by atoms with Gasteiger partial charge in [-0.15, -0.1) is 0 Å². The summed E-state index contributed by atoms with van der Waals surface area (Å²) in [5.41, 5.74) is -3.47. The first-order valence-corrected chi connectivity index (χ1v) is 11.1. The van der Waals surface area contributed by atoms with Crippen molar-refractivity contribution in [1.29, 1.82) is 5.26 Å². The van der Waals surface area contributed by atoms with E-state index in [4.69, 9.17) is 10.00 Å². The predicted octanol–water partition coefficient (Wildman–Crippen LogP) is 4.87. The Labute approximate surface area is 209 Å². The molecule has 2 aromatic rings. The normalized spacial score (nSPS) is 19.9. The maximum atomic E-state index is 14.7. The van der Waals surface area contributed by atoms with Gasteiger partial charge in [-0.1, -0.05) is 0 Å². The van der Waals surface area contributed by atoms with Crippen molar-refractivity contribution in [3.63, 3.8) is 0 Å². The number of likely N-dealkylation sites (N-methyl/N-ethyl adjacent to an activating group) is 1. The van der Waals surface area contributed by atoms with Gasteiger partial charge >= 0.3 is 12.3 Å². The Morgan fingerprint density at radius 2 is 1.84 bits per heavy atom. The van der Waals surface area contributed by atoms with Gasteiger partial charge in [-0.05, 0) is 39.8 Å². The fourth-order valence-electron chi connectivity index (χ4n) is 3.91. The van der Waals surface area contributed by atoms with Crippen molar-refractivity contribution in [3.8, 4) is 17.3 Å². The van der Waals surface area contributed by atoms with Crippen LogP contribution in [0.15, 0.2) is 24.5 Å². The van der Waals surface area contributed by atoms with E-state index in [1.807, 2.05) is 0 Å². The molecule has 1 saturated heterocycles. The van der Waals surface area contributed by atoms with Gasteiger partial charge in [0.1, 0.15) is 23.9 Å². The van der Waals surface area contributed by atoms with Crippen LogP contribution in [0.25, 0.3) is 11.3 Å². The number of likely N-dealkylation sites (tertiary alicyclic amines) is 1. The number of halogens is 5. The Balaban J connectivity index is 1.95. The summed E-state index contributed by atoms with van der Waals surface area (Å²) in [6, 6.07) is 1.14. The molecule has 2 aromatic heterocycles. The lowest BCUT2D eigenvalue weighted by Crippen LogP contribution is -2.50. The third-order valence-corrected chi connectivity index (χ3v) is 5.74. The average molecular weight is 525 g/mol. The van der Waals surface area contributed by atoms with Gasteiger partial charge in [0.15, 0.2) is 11.5 Å². The SMILES string of the molecule is C[C@H]1[C@H](F)C[C@@H](C(=O)N(C)c2cc(-c3cnc(C(F)(F)F)c(C#N)c3)ncc2F)N1C(=O)OC(C)(C)C. The van der Waals surface area contributed by atoms with Crippen LogP contribution in [0, 0.1) is 17.1 Å². The van der Waals surface area contributed by atoms with Crippen molar-refractivity contribution in [2.75, 3.05) is 11.9 Å². The van der Waals surface area contributed by atoms with E-state index >= 15 is 0 Å². The number of amides is 2. The minimum absolute atomic E-state index is 0.0275. The molecule has 198 valence electrons. The molecular weight excluding hydrogens is 501 g/mol. The number of anilines is 1. The Hall–Kier alpha value is -3.82. The number of carbonyl (C=O) groups excluding carboxylic acids is 2. The summed E-state index contributed by atoms with van der Waals surface area (Å²) in [4.78, 5) is 35.0. The molecule has 0 spiro atoms. The van der Waals surface area contributed by atoms with Crippen LogP contribution in [0.5, 0.6) is 0 Å². The minimum Gasteiger partial charge on any atom is -0.444 e. The monoisotopic (exact) mass is 525 g/mol. The maximum Gasteiger partial charge on any atom is 0.434 e. The molecule has 0 aliphatic carbocycles. The highest BCUT2D eigenvalue weighted by atomic mass is 19.4. The van der Waals surface area contributed by atoms with Crippen LogP contribution in [0.4, 0.5) is 32.4 Å². The van der Waals surface area contributed by atoms with Crippen LogP contribution in [0.1, 0.15) is 45.4 Å². The number of pyridine rings is 2. The molecule has 1 fully saturated rings. The summed E-state index contributed by atoms with van der Waals surface area (Å²) in [6.07, 6.45) is -6.05. The minimum atomic E-state index is -4.86. The smallest absolute Gasteiger partial charge is 0.434 e. The zero-order valence-electron chi connectivity index (χ0n) is 20.6. The Morgan fingerprint density at radius 1 is 1.19 bits per heavy atom. The molecule has 1 aliphatic heterocycles. The lowest BCUT2D eigenvalue weighted by atomic mass is 10.1. The summed E-state index contributed by atoms with van der Waals surface area (Å²) in [5, 5.41) is 9.12. The molecule has 8 nitrogen and oxygen atoms in total. The summed E-state index contributed by atoms with van der Waals surface area (Å²) in [5.74, 6) is -1.76. The number of rotatable bonds is 3. The van der Waals surface area contributed by atoms with E-state index in [-0.39, 0.29) is 23.4 Å².